The molecule has 0 bridgehead atoms. The maximum Gasteiger partial charge on any atom is 0.343 e. The van der Waals surface area contributed by atoms with E-state index in [4.69, 9.17) is 27.9 Å². The number of anilines is 1. The summed E-state index contributed by atoms with van der Waals surface area (Å²) in [6, 6.07) is 4.34. The van der Waals surface area contributed by atoms with Crippen molar-refractivity contribution in [2.45, 2.75) is 6.92 Å². The molecule has 23 heavy (non-hydrogen) atoms. The lowest BCUT2D eigenvalue weighted by molar-refractivity contribution is -0.119. The van der Waals surface area contributed by atoms with Gasteiger partial charge in [-0.1, -0.05) is 23.2 Å². The quantitative estimate of drug-likeness (QED) is 0.862. The summed E-state index contributed by atoms with van der Waals surface area (Å²) in [5.74, 6) is -0.0936. The van der Waals surface area contributed by atoms with Crippen LogP contribution in [0.15, 0.2) is 23.6 Å². The molecule has 2 heterocycles. The molecule has 0 radical (unpaired) electrons. The van der Waals surface area contributed by atoms with Crippen LogP contribution in [0.4, 0.5) is 10.5 Å². The molecule has 6 nitrogen and oxygen atoms in total. The summed E-state index contributed by atoms with van der Waals surface area (Å²) in [5.41, 5.74) is 4.16. The van der Waals surface area contributed by atoms with Gasteiger partial charge < -0.3 is 4.74 Å². The standard InChI is InChI=1S/C14H11Cl2N3O3S/c1-7-2-12(23-6-7)22-13-9(15)3-8(4-10(13)16)19-14(21)18-11(20)5-17-19/h2-4,6,17H,5H2,1H3,(H,18,20,21). The van der Waals surface area contributed by atoms with Gasteiger partial charge in [0.15, 0.2) is 10.8 Å². The number of hydrogen-bond donors (Lipinski definition) is 2. The predicted octanol–water partition coefficient (Wildman–Crippen LogP) is 3.72. The van der Waals surface area contributed by atoms with E-state index in [0.29, 0.717) is 16.5 Å². The second kappa shape index (κ2) is 6.37. The molecule has 0 atom stereocenters. The minimum atomic E-state index is -0.601. The van der Waals surface area contributed by atoms with E-state index < -0.39 is 11.9 Å². The molecule has 3 rings (SSSR count). The average Bonchev–Trinajstić information content (AvgIpc) is 2.88. The topological polar surface area (TPSA) is 70.7 Å². The summed E-state index contributed by atoms with van der Waals surface area (Å²) >= 11 is 13.9. The third-order valence-corrected chi connectivity index (χ3v) is 4.48. The maximum absolute atomic E-state index is 11.8. The molecule has 1 fully saturated rings. The van der Waals surface area contributed by atoms with Gasteiger partial charge in [-0.05, 0) is 36.1 Å². The Morgan fingerprint density at radius 3 is 2.48 bits per heavy atom. The zero-order valence-electron chi connectivity index (χ0n) is 11.9. The summed E-state index contributed by atoms with van der Waals surface area (Å²) in [7, 11) is 0. The van der Waals surface area contributed by atoms with E-state index in [1.807, 2.05) is 18.4 Å². The summed E-state index contributed by atoms with van der Waals surface area (Å²) in [6.07, 6.45) is 0. The molecule has 1 aliphatic heterocycles. The van der Waals surface area contributed by atoms with Crippen LogP contribution in [0.1, 0.15) is 5.56 Å². The minimum Gasteiger partial charge on any atom is -0.444 e. The maximum atomic E-state index is 11.8. The van der Waals surface area contributed by atoms with Crippen LogP contribution in [-0.2, 0) is 4.79 Å². The number of nitrogens with zero attached hydrogens (tertiary/aromatic N) is 1. The molecule has 1 saturated heterocycles. The van der Waals surface area contributed by atoms with Crippen LogP contribution < -0.4 is 20.5 Å². The highest BCUT2D eigenvalue weighted by atomic mass is 35.5. The highest BCUT2D eigenvalue weighted by Gasteiger charge is 2.25. The molecule has 120 valence electrons. The van der Waals surface area contributed by atoms with Gasteiger partial charge in [-0.15, -0.1) is 11.3 Å². The van der Waals surface area contributed by atoms with Crippen molar-refractivity contribution in [2.75, 3.05) is 11.6 Å². The smallest absolute Gasteiger partial charge is 0.343 e. The van der Waals surface area contributed by atoms with Crippen LogP contribution in [0, 0.1) is 6.92 Å². The fourth-order valence-corrected chi connectivity index (χ4v) is 3.29. The second-order valence-electron chi connectivity index (χ2n) is 4.81. The highest BCUT2D eigenvalue weighted by molar-refractivity contribution is 7.12. The lowest BCUT2D eigenvalue weighted by atomic mass is 10.3. The number of hydrazine groups is 1. The van der Waals surface area contributed by atoms with Crippen molar-refractivity contribution in [1.29, 1.82) is 0 Å². The van der Waals surface area contributed by atoms with E-state index in [1.165, 1.54) is 23.5 Å². The first-order valence-corrected chi connectivity index (χ1v) is 8.17. The van der Waals surface area contributed by atoms with Crippen LogP contribution in [0.3, 0.4) is 0 Å². The van der Waals surface area contributed by atoms with Gasteiger partial charge in [0.25, 0.3) is 0 Å². The monoisotopic (exact) mass is 371 g/mol. The van der Waals surface area contributed by atoms with E-state index in [-0.39, 0.29) is 16.6 Å². The Balaban J connectivity index is 1.88. The van der Waals surface area contributed by atoms with Gasteiger partial charge >= 0.3 is 6.03 Å². The van der Waals surface area contributed by atoms with Gasteiger partial charge in [-0.3, -0.25) is 10.1 Å². The van der Waals surface area contributed by atoms with Gasteiger partial charge in [0, 0.05) is 0 Å². The lowest BCUT2D eigenvalue weighted by Crippen LogP contribution is -2.59. The fraction of sp³-hybridized carbons (Fsp3) is 0.143. The molecule has 2 aromatic rings. The summed E-state index contributed by atoms with van der Waals surface area (Å²) in [4.78, 5) is 23.0. The first-order chi connectivity index (χ1) is 10.9. The van der Waals surface area contributed by atoms with Gasteiger partial charge in [0.1, 0.15) is 0 Å². The van der Waals surface area contributed by atoms with E-state index in [2.05, 4.69) is 10.7 Å². The highest BCUT2D eigenvalue weighted by Crippen LogP contribution is 2.41. The number of aryl methyl sites for hydroxylation is 1. The molecule has 1 aromatic carbocycles. The Hall–Kier alpha value is -1.80. The molecule has 2 N–H and O–H groups in total. The van der Waals surface area contributed by atoms with Crippen LogP contribution in [-0.4, -0.2) is 18.5 Å². The number of urea groups is 1. The molecule has 1 aromatic heterocycles. The van der Waals surface area contributed by atoms with Gasteiger partial charge in [-0.2, -0.15) is 0 Å². The number of amides is 3. The number of carbonyl (C=O) groups excluding carboxylic acids is 2. The summed E-state index contributed by atoms with van der Waals surface area (Å²) < 4.78 is 5.71. The van der Waals surface area contributed by atoms with Gasteiger partial charge in [0.2, 0.25) is 5.91 Å². The zero-order valence-corrected chi connectivity index (χ0v) is 14.2. The molecule has 0 unspecified atom stereocenters. The van der Waals surface area contributed by atoms with Gasteiger partial charge in [0.05, 0.1) is 22.3 Å². The Labute approximate surface area is 145 Å². The van der Waals surface area contributed by atoms with Crippen LogP contribution >= 0.6 is 34.5 Å². The molecular weight excluding hydrogens is 361 g/mol. The van der Waals surface area contributed by atoms with Gasteiger partial charge in [-0.25, -0.2) is 15.2 Å². The minimum absolute atomic E-state index is 0.0201. The molecule has 0 aliphatic carbocycles. The molecular formula is C14H11Cl2N3O3S. The van der Waals surface area contributed by atoms with Crippen molar-refractivity contribution >= 4 is 52.2 Å². The fourth-order valence-electron chi connectivity index (χ4n) is 1.98. The first-order valence-electron chi connectivity index (χ1n) is 6.53. The Morgan fingerprint density at radius 1 is 1.22 bits per heavy atom. The normalized spacial score (nSPS) is 14.8. The average molecular weight is 372 g/mol. The predicted molar refractivity (Wildman–Crippen MR) is 89.6 cm³/mol. The van der Waals surface area contributed by atoms with Crippen molar-refractivity contribution in [3.63, 3.8) is 0 Å². The Morgan fingerprint density at radius 2 is 1.91 bits per heavy atom. The summed E-state index contributed by atoms with van der Waals surface area (Å²) in [6.45, 7) is 1.94. The number of imide groups is 1. The molecule has 0 saturated carbocycles. The number of benzene rings is 1. The zero-order chi connectivity index (χ0) is 16.6. The van der Waals surface area contributed by atoms with Crippen molar-refractivity contribution in [3.05, 3.63) is 39.2 Å². The number of thiophene rings is 1. The number of hydrogen-bond acceptors (Lipinski definition) is 5. The van der Waals surface area contributed by atoms with Crippen LogP contribution in [0.5, 0.6) is 10.8 Å². The van der Waals surface area contributed by atoms with E-state index in [9.17, 15) is 9.59 Å². The SMILES string of the molecule is Cc1csc(Oc2c(Cl)cc(N3NCC(=O)NC3=O)cc2Cl)c1. The van der Waals surface area contributed by atoms with E-state index in [0.717, 1.165) is 10.6 Å². The lowest BCUT2D eigenvalue weighted by Gasteiger charge is -2.27. The second-order valence-corrected chi connectivity index (χ2v) is 6.50. The number of carbonyl (C=O) groups is 2. The van der Waals surface area contributed by atoms with Crippen LogP contribution in [0.25, 0.3) is 0 Å². The van der Waals surface area contributed by atoms with E-state index >= 15 is 0 Å². The molecule has 1 aliphatic rings. The third kappa shape index (κ3) is 3.42. The number of ether oxygens (including phenoxy) is 1. The van der Waals surface area contributed by atoms with E-state index in [1.54, 1.807) is 0 Å². The number of nitrogens with one attached hydrogen (secondary N) is 2. The van der Waals surface area contributed by atoms with Crippen molar-refractivity contribution in [1.82, 2.24) is 10.7 Å². The summed E-state index contributed by atoms with van der Waals surface area (Å²) in [5, 5.41) is 6.48. The Kier molecular flexibility index (Phi) is 4.45. The number of rotatable bonds is 3. The van der Waals surface area contributed by atoms with Crippen molar-refractivity contribution in [3.8, 4) is 10.8 Å². The molecule has 9 heteroatoms. The molecule has 3 amide bonds. The third-order valence-electron chi connectivity index (χ3n) is 3.00. The largest absolute Gasteiger partial charge is 0.444 e. The molecule has 0 spiro atoms. The van der Waals surface area contributed by atoms with Crippen molar-refractivity contribution < 1.29 is 14.3 Å². The van der Waals surface area contributed by atoms with Crippen molar-refractivity contribution in [2.24, 2.45) is 0 Å². The van der Waals surface area contributed by atoms with Crippen LogP contribution in [0.2, 0.25) is 10.0 Å². The first kappa shape index (κ1) is 16.1. The number of halogens is 2. The Bertz CT molecular complexity index is 770.